The van der Waals surface area contributed by atoms with Crippen LogP contribution in [0, 0.1) is 5.82 Å². The second-order valence-electron chi connectivity index (χ2n) is 3.04. The van der Waals surface area contributed by atoms with E-state index in [1.807, 2.05) is 0 Å². The highest BCUT2D eigenvalue weighted by Crippen LogP contribution is 2.11. The molecule has 0 atom stereocenters. The van der Waals surface area contributed by atoms with Crippen LogP contribution in [0.1, 0.15) is 5.01 Å². The van der Waals surface area contributed by atoms with Gasteiger partial charge in [0.15, 0.2) is 5.82 Å². The van der Waals surface area contributed by atoms with Crippen molar-refractivity contribution in [1.82, 2.24) is 14.7 Å². The van der Waals surface area contributed by atoms with Crippen molar-refractivity contribution < 1.29 is 12.8 Å². The Bertz CT molecular complexity index is 598. The third-order valence-corrected chi connectivity index (χ3v) is 3.99. The number of sulfonamides is 1. The molecule has 2 aromatic heterocycles. The van der Waals surface area contributed by atoms with Gasteiger partial charge in [-0.05, 0) is 12.1 Å². The first-order valence-corrected chi connectivity index (χ1v) is 6.94. The summed E-state index contributed by atoms with van der Waals surface area (Å²) in [5, 5.41) is 1.73. The lowest BCUT2D eigenvalue weighted by Crippen LogP contribution is -2.25. The lowest BCUT2D eigenvalue weighted by molar-refractivity contribution is 0.544. The Balaban J connectivity index is 2.17. The van der Waals surface area contributed by atoms with Crippen molar-refractivity contribution in [2.45, 2.75) is 11.6 Å². The SMILES string of the molecule is O=S(=O)(NCc1nccs1)c1ncccc1F. The van der Waals surface area contributed by atoms with Gasteiger partial charge in [-0.25, -0.2) is 27.5 Å². The largest absolute Gasteiger partial charge is 0.261 e. The topological polar surface area (TPSA) is 72.0 Å². The Hall–Kier alpha value is -1.38. The molecule has 0 aliphatic carbocycles. The van der Waals surface area contributed by atoms with Crippen molar-refractivity contribution in [3.05, 3.63) is 40.7 Å². The van der Waals surface area contributed by atoms with Gasteiger partial charge in [-0.1, -0.05) is 0 Å². The van der Waals surface area contributed by atoms with E-state index in [-0.39, 0.29) is 6.54 Å². The molecule has 0 saturated heterocycles. The summed E-state index contributed by atoms with van der Waals surface area (Å²) in [6, 6.07) is 2.38. The summed E-state index contributed by atoms with van der Waals surface area (Å²) in [4.78, 5) is 7.42. The van der Waals surface area contributed by atoms with E-state index < -0.39 is 20.9 Å². The molecule has 0 aliphatic heterocycles. The van der Waals surface area contributed by atoms with Crippen molar-refractivity contribution in [2.24, 2.45) is 0 Å². The summed E-state index contributed by atoms with van der Waals surface area (Å²) >= 11 is 1.31. The van der Waals surface area contributed by atoms with Gasteiger partial charge >= 0.3 is 0 Å². The zero-order valence-electron chi connectivity index (χ0n) is 8.50. The number of nitrogens with one attached hydrogen (secondary N) is 1. The molecule has 0 aromatic carbocycles. The predicted molar refractivity (Wildman–Crippen MR) is 60.3 cm³/mol. The van der Waals surface area contributed by atoms with Crippen LogP contribution < -0.4 is 4.72 Å². The van der Waals surface area contributed by atoms with E-state index >= 15 is 0 Å². The molecule has 5 nitrogen and oxygen atoms in total. The first-order chi connectivity index (χ1) is 8.09. The molecule has 17 heavy (non-hydrogen) atoms. The molecule has 2 aromatic rings. The van der Waals surface area contributed by atoms with Crippen molar-refractivity contribution >= 4 is 21.4 Å². The fourth-order valence-corrected chi connectivity index (χ4v) is 2.77. The van der Waals surface area contributed by atoms with Gasteiger partial charge in [0.2, 0.25) is 5.03 Å². The molecule has 0 saturated carbocycles. The quantitative estimate of drug-likeness (QED) is 0.907. The van der Waals surface area contributed by atoms with Crippen LogP contribution in [0.3, 0.4) is 0 Å². The second kappa shape index (κ2) is 4.86. The molecule has 2 rings (SSSR count). The highest BCUT2D eigenvalue weighted by atomic mass is 32.2. The predicted octanol–water partition coefficient (Wildman–Crippen LogP) is 1.16. The van der Waals surface area contributed by atoms with E-state index in [4.69, 9.17) is 0 Å². The summed E-state index contributed by atoms with van der Waals surface area (Å²) in [5.41, 5.74) is 0. The summed E-state index contributed by atoms with van der Waals surface area (Å²) in [5.74, 6) is -0.876. The molecule has 90 valence electrons. The highest BCUT2D eigenvalue weighted by Gasteiger charge is 2.20. The van der Waals surface area contributed by atoms with Gasteiger partial charge in [-0.2, -0.15) is 0 Å². The Labute approximate surface area is 101 Å². The number of aromatic nitrogens is 2. The maximum Gasteiger partial charge on any atom is 0.261 e. The van der Waals surface area contributed by atoms with Crippen LogP contribution in [0.25, 0.3) is 0 Å². The molecule has 0 spiro atoms. The Morgan fingerprint density at radius 3 is 2.82 bits per heavy atom. The molecular formula is C9H8FN3O2S2. The van der Waals surface area contributed by atoms with Crippen molar-refractivity contribution in [1.29, 1.82) is 0 Å². The monoisotopic (exact) mass is 273 g/mol. The molecule has 0 aliphatic rings. The van der Waals surface area contributed by atoms with Gasteiger partial charge in [0.1, 0.15) is 5.01 Å². The van der Waals surface area contributed by atoms with Crippen molar-refractivity contribution in [3.8, 4) is 0 Å². The molecule has 0 bridgehead atoms. The molecule has 1 N–H and O–H groups in total. The van der Waals surface area contributed by atoms with Gasteiger partial charge in [0, 0.05) is 17.8 Å². The minimum Gasteiger partial charge on any atom is -0.248 e. The van der Waals surface area contributed by atoms with Gasteiger partial charge in [0.05, 0.1) is 6.54 Å². The molecule has 0 amide bonds. The lowest BCUT2D eigenvalue weighted by Gasteiger charge is -2.04. The van der Waals surface area contributed by atoms with E-state index in [0.717, 1.165) is 6.07 Å². The highest BCUT2D eigenvalue weighted by molar-refractivity contribution is 7.89. The molecule has 0 fully saturated rings. The zero-order chi connectivity index (χ0) is 12.3. The first-order valence-electron chi connectivity index (χ1n) is 4.58. The molecule has 8 heteroatoms. The minimum atomic E-state index is -3.94. The smallest absolute Gasteiger partial charge is 0.248 e. The molecule has 0 radical (unpaired) electrons. The van der Waals surface area contributed by atoms with E-state index in [0.29, 0.717) is 5.01 Å². The van der Waals surface area contributed by atoms with Crippen LogP contribution in [0.2, 0.25) is 0 Å². The average Bonchev–Trinajstić information content (AvgIpc) is 2.80. The molecular weight excluding hydrogens is 265 g/mol. The number of rotatable bonds is 4. The Morgan fingerprint density at radius 2 is 2.18 bits per heavy atom. The van der Waals surface area contributed by atoms with E-state index in [9.17, 15) is 12.8 Å². The first kappa shape index (κ1) is 12.1. The van der Waals surface area contributed by atoms with Crippen LogP contribution in [0.4, 0.5) is 4.39 Å². The number of thiazole rings is 1. The molecule has 0 unspecified atom stereocenters. The summed E-state index contributed by atoms with van der Waals surface area (Å²) in [7, 11) is -3.94. The van der Waals surface area contributed by atoms with Gasteiger partial charge in [-0.3, -0.25) is 0 Å². The maximum atomic E-state index is 13.3. The third kappa shape index (κ3) is 2.84. The third-order valence-electron chi connectivity index (χ3n) is 1.88. The molecule has 2 heterocycles. The van der Waals surface area contributed by atoms with Crippen molar-refractivity contribution in [3.63, 3.8) is 0 Å². The van der Waals surface area contributed by atoms with Crippen LogP contribution in [-0.4, -0.2) is 18.4 Å². The van der Waals surface area contributed by atoms with E-state index in [1.54, 1.807) is 11.6 Å². The van der Waals surface area contributed by atoms with Crippen LogP contribution in [-0.2, 0) is 16.6 Å². The number of pyridine rings is 1. The summed E-state index contributed by atoms with van der Waals surface area (Å²) in [6.07, 6.45) is 2.79. The maximum absolute atomic E-state index is 13.3. The van der Waals surface area contributed by atoms with E-state index in [1.165, 1.54) is 23.6 Å². The average molecular weight is 273 g/mol. The number of hydrogen-bond donors (Lipinski definition) is 1. The summed E-state index contributed by atoms with van der Waals surface area (Å²) in [6.45, 7) is 0.0238. The standard InChI is InChI=1S/C9H8FN3O2S2/c10-7-2-1-3-12-9(7)17(14,15)13-6-8-11-4-5-16-8/h1-5,13H,6H2. The fourth-order valence-electron chi connectivity index (χ4n) is 1.13. The van der Waals surface area contributed by atoms with Gasteiger partial charge in [0.25, 0.3) is 10.0 Å². The fraction of sp³-hybridized carbons (Fsp3) is 0.111. The van der Waals surface area contributed by atoms with E-state index in [2.05, 4.69) is 14.7 Å². The minimum absolute atomic E-state index is 0.0238. The second-order valence-corrected chi connectivity index (χ2v) is 5.70. The number of nitrogens with zero attached hydrogens (tertiary/aromatic N) is 2. The van der Waals surface area contributed by atoms with Crippen LogP contribution >= 0.6 is 11.3 Å². The Kier molecular flexibility index (Phi) is 3.46. The van der Waals surface area contributed by atoms with Crippen LogP contribution in [0.5, 0.6) is 0 Å². The Morgan fingerprint density at radius 1 is 1.35 bits per heavy atom. The number of hydrogen-bond acceptors (Lipinski definition) is 5. The van der Waals surface area contributed by atoms with Crippen LogP contribution in [0.15, 0.2) is 34.9 Å². The number of halogens is 1. The summed E-state index contributed by atoms with van der Waals surface area (Å²) < 4.78 is 38.9. The van der Waals surface area contributed by atoms with Crippen molar-refractivity contribution in [2.75, 3.05) is 0 Å². The lowest BCUT2D eigenvalue weighted by atomic mass is 10.5. The zero-order valence-corrected chi connectivity index (χ0v) is 10.1. The van der Waals surface area contributed by atoms with Gasteiger partial charge in [-0.15, -0.1) is 11.3 Å². The normalized spacial score (nSPS) is 11.6. The van der Waals surface area contributed by atoms with Gasteiger partial charge < -0.3 is 0 Å².